The number of fused-ring (bicyclic) bond motifs is 1. The lowest BCUT2D eigenvalue weighted by molar-refractivity contribution is -0.151. The summed E-state index contributed by atoms with van der Waals surface area (Å²) in [4.78, 5) is 38.7. The van der Waals surface area contributed by atoms with Crippen molar-refractivity contribution >= 4 is 17.8 Å². The molecule has 1 aromatic heterocycles. The predicted octanol–water partition coefficient (Wildman–Crippen LogP) is 1.33. The normalized spacial score (nSPS) is 21.1. The lowest BCUT2D eigenvalue weighted by Gasteiger charge is -2.36. The van der Waals surface area contributed by atoms with Gasteiger partial charge < -0.3 is 19.7 Å². The van der Waals surface area contributed by atoms with Gasteiger partial charge in [-0.05, 0) is 43.9 Å². The third-order valence-electron chi connectivity index (χ3n) is 7.23. The summed E-state index contributed by atoms with van der Waals surface area (Å²) in [6, 6.07) is 0. The highest BCUT2D eigenvalue weighted by Crippen LogP contribution is 2.37. The fourth-order valence-corrected chi connectivity index (χ4v) is 5.14. The van der Waals surface area contributed by atoms with Crippen LogP contribution in [0.15, 0.2) is 0 Å². The molecule has 3 aliphatic rings. The van der Waals surface area contributed by atoms with Gasteiger partial charge >= 0.3 is 5.97 Å². The maximum absolute atomic E-state index is 12.9. The number of nitrogens with zero attached hydrogens (tertiary/aromatic N) is 3. The van der Waals surface area contributed by atoms with Gasteiger partial charge in [0.1, 0.15) is 6.61 Å². The van der Waals surface area contributed by atoms with Gasteiger partial charge in [0.2, 0.25) is 5.91 Å². The SMILES string of the molecule is CCc1nn(CCOC(=O)C2CCN(C(C)=O)CC2)c2c1C(=O)NCC1(CCOCC1)C2. The molecule has 9 nitrogen and oxygen atoms in total. The van der Waals surface area contributed by atoms with E-state index < -0.39 is 0 Å². The lowest BCUT2D eigenvalue weighted by Crippen LogP contribution is -2.41. The number of hydrogen-bond acceptors (Lipinski definition) is 6. The van der Waals surface area contributed by atoms with E-state index in [4.69, 9.17) is 14.6 Å². The minimum absolute atomic E-state index is 0.0106. The number of esters is 1. The molecule has 0 unspecified atom stereocenters. The number of piperidine rings is 1. The molecular formula is C23H34N4O5. The maximum atomic E-state index is 12.9. The van der Waals surface area contributed by atoms with Crippen molar-refractivity contribution in [2.45, 2.75) is 58.9 Å². The van der Waals surface area contributed by atoms with E-state index in [1.54, 1.807) is 11.8 Å². The van der Waals surface area contributed by atoms with Crippen LogP contribution in [0.1, 0.15) is 61.3 Å². The van der Waals surface area contributed by atoms with E-state index in [0.717, 1.165) is 30.7 Å². The van der Waals surface area contributed by atoms with E-state index in [0.29, 0.717) is 64.2 Å². The zero-order valence-electron chi connectivity index (χ0n) is 19.2. The number of carbonyl (C=O) groups is 3. The minimum atomic E-state index is -0.208. The van der Waals surface area contributed by atoms with Crippen molar-refractivity contribution in [3.63, 3.8) is 0 Å². The molecule has 176 valence electrons. The number of hydrogen-bond donors (Lipinski definition) is 1. The molecule has 2 fully saturated rings. The van der Waals surface area contributed by atoms with Crippen LogP contribution in [-0.2, 0) is 38.4 Å². The van der Waals surface area contributed by atoms with Crippen LogP contribution in [0.25, 0.3) is 0 Å². The number of nitrogens with one attached hydrogen (secondary N) is 1. The maximum Gasteiger partial charge on any atom is 0.309 e. The van der Waals surface area contributed by atoms with Crippen molar-refractivity contribution in [3.05, 3.63) is 17.0 Å². The average Bonchev–Trinajstić information content (AvgIpc) is 3.08. The van der Waals surface area contributed by atoms with E-state index in [1.807, 2.05) is 11.6 Å². The van der Waals surface area contributed by atoms with E-state index in [9.17, 15) is 14.4 Å². The average molecular weight is 447 g/mol. The summed E-state index contributed by atoms with van der Waals surface area (Å²) in [7, 11) is 0. The number of carbonyl (C=O) groups excluding carboxylic acids is 3. The van der Waals surface area contributed by atoms with Gasteiger partial charge in [-0.1, -0.05) is 6.92 Å². The monoisotopic (exact) mass is 446 g/mol. The van der Waals surface area contributed by atoms with Crippen LogP contribution in [0, 0.1) is 11.3 Å². The summed E-state index contributed by atoms with van der Waals surface area (Å²) in [5.74, 6) is -0.376. The Hall–Kier alpha value is -2.42. The Balaban J connectivity index is 1.42. The van der Waals surface area contributed by atoms with Gasteiger partial charge in [0.05, 0.1) is 29.4 Å². The first-order valence-corrected chi connectivity index (χ1v) is 11.8. The molecule has 0 saturated carbocycles. The summed E-state index contributed by atoms with van der Waals surface area (Å²) in [5.41, 5.74) is 2.43. The fraction of sp³-hybridized carbons (Fsp3) is 0.739. The molecule has 0 aromatic carbocycles. The molecule has 2 saturated heterocycles. The molecule has 4 rings (SSSR count). The predicted molar refractivity (Wildman–Crippen MR) is 116 cm³/mol. The van der Waals surface area contributed by atoms with Crippen LogP contribution in [0.4, 0.5) is 0 Å². The highest BCUT2D eigenvalue weighted by atomic mass is 16.5. The molecule has 1 spiro atoms. The first kappa shape index (κ1) is 22.8. The number of ether oxygens (including phenoxy) is 2. The quantitative estimate of drug-likeness (QED) is 0.685. The largest absolute Gasteiger partial charge is 0.463 e. The Kier molecular flexibility index (Phi) is 6.83. The number of amides is 2. The van der Waals surface area contributed by atoms with Crippen LogP contribution >= 0.6 is 0 Å². The molecule has 3 aliphatic heterocycles. The van der Waals surface area contributed by atoms with Crippen LogP contribution < -0.4 is 5.32 Å². The summed E-state index contributed by atoms with van der Waals surface area (Å²) < 4.78 is 13.0. The molecule has 0 atom stereocenters. The third-order valence-corrected chi connectivity index (χ3v) is 7.23. The Morgan fingerprint density at radius 2 is 1.97 bits per heavy atom. The Morgan fingerprint density at radius 1 is 1.25 bits per heavy atom. The molecule has 4 heterocycles. The second-order valence-electron chi connectivity index (χ2n) is 9.26. The van der Waals surface area contributed by atoms with E-state index in [2.05, 4.69) is 5.32 Å². The zero-order valence-corrected chi connectivity index (χ0v) is 19.2. The van der Waals surface area contributed by atoms with Crippen LogP contribution in [0.3, 0.4) is 0 Å². The number of aromatic nitrogens is 2. The molecule has 32 heavy (non-hydrogen) atoms. The summed E-state index contributed by atoms with van der Waals surface area (Å²) in [6.07, 6.45) is 4.55. The third kappa shape index (κ3) is 4.67. The standard InChI is InChI=1S/C23H34N4O5/c1-3-18-20-19(14-23(15-24-21(20)29)6-11-31-12-7-23)27(25-18)10-13-32-22(30)17-4-8-26(9-5-17)16(2)28/h17H,3-15H2,1-2H3,(H,24,29). The summed E-state index contributed by atoms with van der Waals surface area (Å²) >= 11 is 0. The van der Waals surface area contributed by atoms with Gasteiger partial charge in [-0.15, -0.1) is 0 Å². The van der Waals surface area contributed by atoms with E-state index in [1.165, 1.54) is 0 Å². The van der Waals surface area contributed by atoms with Gasteiger partial charge in [-0.25, -0.2) is 0 Å². The van der Waals surface area contributed by atoms with Crippen LogP contribution in [0.5, 0.6) is 0 Å². The Labute approximate surface area is 188 Å². The highest BCUT2D eigenvalue weighted by Gasteiger charge is 2.39. The highest BCUT2D eigenvalue weighted by molar-refractivity contribution is 5.97. The summed E-state index contributed by atoms with van der Waals surface area (Å²) in [6.45, 7) is 7.48. The van der Waals surface area contributed by atoms with Crippen LogP contribution in [-0.4, -0.2) is 71.9 Å². The van der Waals surface area contributed by atoms with Gasteiger partial charge in [0.25, 0.3) is 5.91 Å². The zero-order chi connectivity index (χ0) is 22.7. The first-order valence-electron chi connectivity index (χ1n) is 11.8. The lowest BCUT2D eigenvalue weighted by atomic mass is 9.76. The smallest absolute Gasteiger partial charge is 0.309 e. The van der Waals surface area contributed by atoms with Crippen molar-refractivity contribution in [2.24, 2.45) is 11.3 Å². The topological polar surface area (TPSA) is 103 Å². The van der Waals surface area contributed by atoms with Crippen molar-refractivity contribution in [2.75, 3.05) is 39.5 Å². The second-order valence-corrected chi connectivity index (χ2v) is 9.26. The molecule has 0 radical (unpaired) electrons. The molecule has 2 amide bonds. The van der Waals surface area contributed by atoms with Gasteiger partial charge in [0, 0.05) is 39.8 Å². The van der Waals surface area contributed by atoms with Crippen molar-refractivity contribution in [3.8, 4) is 0 Å². The number of aryl methyl sites for hydroxylation is 1. The summed E-state index contributed by atoms with van der Waals surface area (Å²) in [5, 5.41) is 7.83. The molecule has 9 heteroatoms. The molecule has 1 N–H and O–H groups in total. The van der Waals surface area contributed by atoms with Crippen molar-refractivity contribution in [1.29, 1.82) is 0 Å². The van der Waals surface area contributed by atoms with Crippen LogP contribution in [0.2, 0.25) is 0 Å². The Morgan fingerprint density at radius 3 is 2.62 bits per heavy atom. The van der Waals surface area contributed by atoms with E-state index >= 15 is 0 Å². The molecule has 0 aliphatic carbocycles. The Bertz CT molecular complexity index is 866. The molecule has 0 bridgehead atoms. The van der Waals surface area contributed by atoms with E-state index in [-0.39, 0.29) is 35.7 Å². The van der Waals surface area contributed by atoms with Gasteiger partial charge in [-0.3, -0.25) is 19.1 Å². The molecular weight excluding hydrogens is 412 g/mol. The van der Waals surface area contributed by atoms with Gasteiger partial charge in [0.15, 0.2) is 0 Å². The number of rotatable bonds is 5. The van der Waals surface area contributed by atoms with Gasteiger partial charge in [-0.2, -0.15) is 5.10 Å². The van der Waals surface area contributed by atoms with Crippen molar-refractivity contribution < 1.29 is 23.9 Å². The van der Waals surface area contributed by atoms with Crippen molar-refractivity contribution in [1.82, 2.24) is 20.0 Å². The minimum Gasteiger partial charge on any atom is -0.463 e. The number of likely N-dealkylation sites (tertiary alicyclic amines) is 1. The second kappa shape index (κ2) is 9.60. The first-order chi connectivity index (χ1) is 15.4. The fourth-order valence-electron chi connectivity index (χ4n) is 5.14. The molecule has 1 aromatic rings.